The Morgan fingerprint density at radius 3 is 2.81 bits per heavy atom. The van der Waals surface area contributed by atoms with Gasteiger partial charge in [-0.3, -0.25) is 19.8 Å². The van der Waals surface area contributed by atoms with Gasteiger partial charge in [0.05, 0.1) is 12.6 Å². The Kier molecular flexibility index (Phi) is 4.33. The van der Waals surface area contributed by atoms with E-state index in [4.69, 9.17) is 4.74 Å². The number of hydrogen-bond donors (Lipinski definition) is 3. The fraction of sp³-hybridized carbons (Fsp3) is 0.692. The molecule has 0 saturated carbocycles. The lowest BCUT2D eigenvalue weighted by molar-refractivity contribution is -0.159. The van der Waals surface area contributed by atoms with Gasteiger partial charge in [0.1, 0.15) is 17.9 Å². The molecule has 0 aliphatic carbocycles. The number of imide groups is 1. The van der Waals surface area contributed by atoms with E-state index < -0.39 is 23.8 Å². The quantitative estimate of drug-likeness (QED) is 0.393. The van der Waals surface area contributed by atoms with Gasteiger partial charge in [-0.2, -0.15) is 0 Å². The molecule has 2 aliphatic heterocycles. The molecule has 3 N–H and O–H groups in total. The highest BCUT2D eigenvalue weighted by molar-refractivity contribution is 5.98. The molecule has 0 aromatic carbocycles. The van der Waals surface area contributed by atoms with Crippen molar-refractivity contribution < 1.29 is 24.5 Å². The summed E-state index contributed by atoms with van der Waals surface area (Å²) in [6, 6.07) is -0.291. The molecular weight excluding hydrogens is 278 g/mol. The molecule has 0 radical (unpaired) electrons. The highest BCUT2D eigenvalue weighted by Gasteiger charge is 2.62. The number of hydrogen-bond acceptors (Lipinski definition) is 7. The molecule has 4 atom stereocenters. The summed E-state index contributed by atoms with van der Waals surface area (Å²) in [5, 5.41) is 21.9. The lowest BCUT2D eigenvalue weighted by Gasteiger charge is -2.38. The van der Waals surface area contributed by atoms with Gasteiger partial charge in [-0.25, -0.2) is 0 Å². The first kappa shape index (κ1) is 15.9. The number of carbonyl (C=O) groups is 2. The van der Waals surface area contributed by atoms with Crippen molar-refractivity contribution in [2.75, 3.05) is 27.2 Å². The van der Waals surface area contributed by atoms with E-state index in [1.165, 1.54) is 0 Å². The maximum Gasteiger partial charge on any atom is 0.254 e. The van der Waals surface area contributed by atoms with Gasteiger partial charge in [-0.1, -0.05) is 0 Å². The fourth-order valence-electron chi connectivity index (χ4n) is 3.07. The van der Waals surface area contributed by atoms with E-state index in [0.717, 1.165) is 0 Å². The number of ether oxygens (including phenoxy) is 1. The monoisotopic (exact) mass is 299 g/mol. The van der Waals surface area contributed by atoms with Crippen LogP contribution >= 0.6 is 0 Å². The number of likely N-dealkylation sites (tertiary alicyclic amines) is 1. The van der Waals surface area contributed by atoms with Gasteiger partial charge in [0.2, 0.25) is 6.41 Å². The summed E-state index contributed by atoms with van der Waals surface area (Å²) in [4.78, 5) is 25.4. The Morgan fingerprint density at radius 2 is 2.29 bits per heavy atom. The van der Waals surface area contributed by atoms with Gasteiger partial charge in [-0.15, -0.1) is 0 Å². The zero-order chi connectivity index (χ0) is 15.8. The summed E-state index contributed by atoms with van der Waals surface area (Å²) in [5.74, 6) is -0.495. The molecule has 2 bridgehead atoms. The zero-order valence-electron chi connectivity index (χ0n) is 12.3. The summed E-state index contributed by atoms with van der Waals surface area (Å²) < 4.78 is 5.82. The Labute approximate surface area is 123 Å². The van der Waals surface area contributed by atoms with Crippen LogP contribution in [0.2, 0.25) is 0 Å². The van der Waals surface area contributed by atoms with Crippen molar-refractivity contribution in [2.45, 2.75) is 30.9 Å². The third-order valence-electron chi connectivity index (χ3n) is 4.15. The Morgan fingerprint density at radius 1 is 1.62 bits per heavy atom. The normalized spacial score (nSPS) is 35.9. The highest BCUT2D eigenvalue weighted by Crippen LogP contribution is 2.41. The number of fused-ring (bicyclic) bond motifs is 2. The van der Waals surface area contributed by atoms with E-state index in [1.54, 1.807) is 25.1 Å². The van der Waals surface area contributed by atoms with Gasteiger partial charge in [0.25, 0.3) is 5.91 Å². The third-order valence-corrected chi connectivity index (χ3v) is 4.15. The zero-order valence-corrected chi connectivity index (χ0v) is 12.3. The highest BCUT2D eigenvalue weighted by atomic mass is 16.6. The van der Waals surface area contributed by atoms with Gasteiger partial charge in [0.15, 0.2) is 0 Å². The van der Waals surface area contributed by atoms with Gasteiger partial charge < -0.3 is 19.8 Å². The summed E-state index contributed by atoms with van der Waals surface area (Å²) in [5.41, 5.74) is -0.642. The molecule has 0 aromatic heterocycles. The second-order valence-electron chi connectivity index (χ2n) is 5.65. The van der Waals surface area contributed by atoms with E-state index >= 15 is 0 Å². The minimum atomic E-state index is -0.981. The van der Waals surface area contributed by atoms with Crippen LogP contribution in [0.5, 0.6) is 0 Å². The van der Waals surface area contributed by atoms with Gasteiger partial charge in [-0.05, 0) is 14.0 Å². The maximum absolute atomic E-state index is 11.5. The number of likely N-dealkylation sites (N-methyl/N-ethyl adjacent to an activating group) is 2. The summed E-state index contributed by atoms with van der Waals surface area (Å²) >= 11 is 0. The SMILES string of the molecule is C/C(=C/N(C)[C@@H]1OC2(CO)CN(C)C1C2O)C(=O)NC=O. The molecule has 2 saturated heterocycles. The number of carbonyl (C=O) groups excluding carboxylic acids is 2. The molecule has 2 aliphatic rings. The first-order valence-corrected chi connectivity index (χ1v) is 6.68. The molecule has 2 heterocycles. The predicted octanol–water partition coefficient (Wildman–Crippen LogP) is -2.14. The second kappa shape index (κ2) is 5.72. The molecule has 0 spiro atoms. The van der Waals surface area contributed by atoms with Crippen LogP contribution in [0.1, 0.15) is 6.92 Å². The molecule has 8 nitrogen and oxygen atoms in total. The van der Waals surface area contributed by atoms with Gasteiger partial charge in [0, 0.05) is 25.4 Å². The number of nitrogens with one attached hydrogen (secondary N) is 1. The Balaban J connectivity index is 2.14. The summed E-state index contributed by atoms with van der Waals surface area (Å²) in [7, 11) is 3.57. The molecule has 8 heteroatoms. The molecule has 0 aromatic rings. The number of aliphatic hydroxyl groups is 2. The van der Waals surface area contributed by atoms with Crippen molar-refractivity contribution in [3.05, 3.63) is 11.8 Å². The van der Waals surface area contributed by atoms with E-state index in [0.29, 0.717) is 18.5 Å². The van der Waals surface area contributed by atoms with Crippen LogP contribution in [0.25, 0.3) is 0 Å². The first-order valence-electron chi connectivity index (χ1n) is 6.68. The predicted molar refractivity (Wildman–Crippen MR) is 72.8 cm³/mol. The van der Waals surface area contributed by atoms with Crippen LogP contribution < -0.4 is 5.32 Å². The molecule has 2 amide bonds. The molecule has 2 fully saturated rings. The van der Waals surface area contributed by atoms with Crippen LogP contribution in [0, 0.1) is 0 Å². The summed E-state index contributed by atoms with van der Waals surface area (Å²) in [6.45, 7) is 1.76. The number of rotatable bonds is 5. The average Bonchev–Trinajstić information content (AvgIpc) is 2.86. The molecule has 118 valence electrons. The average molecular weight is 299 g/mol. The summed E-state index contributed by atoms with van der Waals surface area (Å²) in [6.07, 6.45) is 0.601. The number of morpholine rings is 1. The van der Waals surface area contributed by atoms with E-state index in [9.17, 15) is 19.8 Å². The number of amides is 2. The number of aliphatic hydroxyl groups excluding tert-OH is 2. The largest absolute Gasteiger partial charge is 0.393 e. The van der Waals surface area contributed by atoms with Crippen LogP contribution in [-0.4, -0.2) is 83.6 Å². The minimum Gasteiger partial charge on any atom is -0.393 e. The molecule has 2 rings (SSSR count). The van der Waals surface area contributed by atoms with Gasteiger partial charge >= 0.3 is 0 Å². The second-order valence-corrected chi connectivity index (χ2v) is 5.65. The molecule has 3 unspecified atom stereocenters. The van der Waals surface area contributed by atoms with E-state index in [2.05, 4.69) is 5.32 Å². The lowest BCUT2D eigenvalue weighted by Crippen LogP contribution is -2.52. The van der Waals surface area contributed by atoms with E-state index in [1.807, 2.05) is 11.9 Å². The van der Waals surface area contributed by atoms with Crippen molar-refractivity contribution in [3.8, 4) is 0 Å². The molecule has 21 heavy (non-hydrogen) atoms. The lowest BCUT2D eigenvalue weighted by atomic mass is 10.0. The smallest absolute Gasteiger partial charge is 0.254 e. The topological polar surface area (TPSA) is 102 Å². The maximum atomic E-state index is 11.5. The third kappa shape index (κ3) is 2.55. The van der Waals surface area contributed by atoms with Crippen LogP contribution in [0.15, 0.2) is 11.8 Å². The first-order chi connectivity index (χ1) is 9.86. The molecular formula is C13H21N3O5. The number of nitrogens with zero attached hydrogens (tertiary/aromatic N) is 2. The van der Waals surface area contributed by atoms with Crippen molar-refractivity contribution in [1.29, 1.82) is 0 Å². The van der Waals surface area contributed by atoms with Crippen molar-refractivity contribution in [1.82, 2.24) is 15.1 Å². The standard InChI is InChI=1S/C13H21N3O5/c1-8(11(20)14-7-18)4-15(2)12-9-10(19)13(6-17,21-12)5-16(9)3/h4,7,9-10,12,17,19H,5-6H2,1-3H3,(H,14,18,20)/b8-4-/t9?,10?,12-,13?/m1/s1. The minimum absolute atomic E-state index is 0.270. The van der Waals surface area contributed by atoms with Crippen molar-refractivity contribution >= 4 is 12.3 Å². The van der Waals surface area contributed by atoms with Crippen molar-refractivity contribution in [3.63, 3.8) is 0 Å². The van der Waals surface area contributed by atoms with Crippen LogP contribution in [-0.2, 0) is 14.3 Å². The van der Waals surface area contributed by atoms with Crippen LogP contribution in [0.3, 0.4) is 0 Å². The van der Waals surface area contributed by atoms with E-state index in [-0.39, 0.29) is 12.6 Å². The Bertz CT molecular complexity index is 469. The Hall–Kier alpha value is -1.48. The fourth-order valence-corrected chi connectivity index (χ4v) is 3.07. The van der Waals surface area contributed by atoms with Crippen molar-refractivity contribution in [2.24, 2.45) is 0 Å². The van der Waals surface area contributed by atoms with Crippen LogP contribution in [0.4, 0.5) is 0 Å².